The van der Waals surface area contributed by atoms with Crippen LogP contribution in [-0.2, 0) is 0 Å². The van der Waals surface area contributed by atoms with Gasteiger partial charge in [-0.05, 0) is 45.2 Å². The maximum atomic E-state index is 5.94. The van der Waals surface area contributed by atoms with Gasteiger partial charge in [-0.3, -0.25) is 0 Å². The first kappa shape index (κ1) is 31.0. The van der Waals surface area contributed by atoms with Gasteiger partial charge in [0.15, 0.2) is 0 Å². The summed E-state index contributed by atoms with van der Waals surface area (Å²) in [5.74, 6) is 0.668. The Bertz CT molecular complexity index is 812. The number of thiophene rings is 1. The molecule has 0 fully saturated rings. The third-order valence-electron chi connectivity index (χ3n) is 6.81. The molecule has 0 aromatic carbocycles. The van der Waals surface area contributed by atoms with Crippen LogP contribution in [-0.4, -0.2) is 16.6 Å². The predicted molar refractivity (Wildman–Crippen MR) is 161 cm³/mol. The second-order valence-corrected chi connectivity index (χ2v) is 13.7. The lowest BCUT2D eigenvalue weighted by Gasteiger charge is -2.08. The van der Waals surface area contributed by atoms with Crippen molar-refractivity contribution in [2.45, 2.75) is 142 Å². The van der Waals surface area contributed by atoms with Crippen molar-refractivity contribution in [1.82, 2.24) is 9.97 Å². The first-order valence-corrected chi connectivity index (χ1v) is 16.8. The van der Waals surface area contributed by atoms with Crippen molar-refractivity contribution >= 4 is 54.2 Å². The highest BCUT2D eigenvalue weighted by molar-refractivity contribution is 9.12. The van der Waals surface area contributed by atoms with E-state index < -0.39 is 0 Å². The van der Waals surface area contributed by atoms with Crippen LogP contribution in [0.2, 0.25) is 0 Å². The summed E-state index contributed by atoms with van der Waals surface area (Å²) in [7, 11) is 0. The lowest BCUT2D eigenvalue weighted by Crippen LogP contribution is -2.02. The summed E-state index contributed by atoms with van der Waals surface area (Å²) in [4.78, 5) is 9.31. The molecule has 2 rings (SSSR count). The van der Waals surface area contributed by atoms with Crippen LogP contribution in [0.5, 0.6) is 5.88 Å². The maximum absolute atomic E-state index is 5.94. The first-order valence-electron chi connectivity index (χ1n) is 14.4. The molecule has 3 nitrogen and oxygen atoms in total. The summed E-state index contributed by atoms with van der Waals surface area (Å²) in [6.07, 6.45) is 28.0. The van der Waals surface area contributed by atoms with Crippen LogP contribution in [0.3, 0.4) is 0 Å². The van der Waals surface area contributed by atoms with Crippen LogP contribution in [0.25, 0.3) is 11.0 Å². The minimum Gasteiger partial charge on any atom is -0.476 e. The molecule has 0 N–H and O–H groups in total. The van der Waals surface area contributed by atoms with Crippen LogP contribution in [0.1, 0.15) is 141 Å². The summed E-state index contributed by atoms with van der Waals surface area (Å²) >= 11 is 8.73. The number of fused-ring (bicyclic) bond motifs is 1. The van der Waals surface area contributed by atoms with E-state index in [4.69, 9.17) is 4.74 Å². The third kappa shape index (κ3) is 13.2. The SMILES string of the molecule is CCCCCCCCCCCCCCCCCCCCCCOc1nc2c(Br)sc(Br)c2nc1C. The van der Waals surface area contributed by atoms with Crippen molar-refractivity contribution in [3.05, 3.63) is 13.3 Å². The Hall–Kier alpha value is -0.200. The van der Waals surface area contributed by atoms with Crippen molar-refractivity contribution in [3.63, 3.8) is 0 Å². The summed E-state index contributed by atoms with van der Waals surface area (Å²) in [6.45, 7) is 4.99. The highest BCUT2D eigenvalue weighted by atomic mass is 79.9. The summed E-state index contributed by atoms with van der Waals surface area (Å²) in [6, 6.07) is 0. The van der Waals surface area contributed by atoms with E-state index in [2.05, 4.69) is 48.8 Å². The molecule has 2 aromatic rings. The highest BCUT2D eigenvalue weighted by Gasteiger charge is 2.14. The van der Waals surface area contributed by atoms with Gasteiger partial charge in [0.2, 0.25) is 5.88 Å². The normalized spacial score (nSPS) is 11.5. The fraction of sp³-hybridized carbons (Fsp3) is 0.793. The topological polar surface area (TPSA) is 35.0 Å². The van der Waals surface area contributed by atoms with E-state index in [0.717, 1.165) is 37.3 Å². The van der Waals surface area contributed by atoms with Gasteiger partial charge in [0.05, 0.1) is 14.2 Å². The lowest BCUT2D eigenvalue weighted by molar-refractivity contribution is 0.290. The monoisotopic (exact) mass is 630 g/mol. The number of aromatic nitrogens is 2. The van der Waals surface area contributed by atoms with E-state index in [1.54, 1.807) is 11.3 Å². The first-order chi connectivity index (χ1) is 17.1. The average Bonchev–Trinajstić information content (AvgIpc) is 3.12. The van der Waals surface area contributed by atoms with Crippen molar-refractivity contribution in [2.24, 2.45) is 0 Å². The molecule has 35 heavy (non-hydrogen) atoms. The Balaban J connectivity index is 1.33. The van der Waals surface area contributed by atoms with Crippen LogP contribution < -0.4 is 4.74 Å². The number of unbranched alkanes of at least 4 members (excludes halogenated alkanes) is 19. The summed E-state index contributed by atoms with van der Waals surface area (Å²) in [5, 5.41) is 0. The van der Waals surface area contributed by atoms with Crippen molar-refractivity contribution in [3.8, 4) is 5.88 Å². The molecule has 0 unspecified atom stereocenters. The quantitative estimate of drug-likeness (QED) is 0.121. The van der Waals surface area contributed by atoms with Crippen molar-refractivity contribution in [2.75, 3.05) is 6.61 Å². The minimum atomic E-state index is 0.668. The number of aryl methyl sites for hydroxylation is 1. The molecule has 6 heteroatoms. The van der Waals surface area contributed by atoms with Gasteiger partial charge in [0, 0.05) is 0 Å². The molecule has 0 aliphatic carbocycles. The average molecular weight is 633 g/mol. The number of nitrogens with zero attached hydrogens (tertiary/aromatic N) is 2. The maximum Gasteiger partial charge on any atom is 0.236 e. The molecule has 0 radical (unpaired) electrons. The number of ether oxygens (including phenoxy) is 1. The van der Waals surface area contributed by atoms with E-state index in [1.165, 1.54) is 122 Å². The standard InChI is InChI=1S/C29H48Br2N2OS/c1-3-4-5-6-7-8-9-10-11-12-13-14-15-16-17-18-19-20-21-22-23-34-29-24(2)32-25-26(33-29)28(31)35-27(25)30/h3-23H2,1-2H3. The van der Waals surface area contributed by atoms with E-state index in [-0.39, 0.29) is 0 Å². The molecule has 0 spiro atoms. The van der Waals surface area contributed by atoms with Crippen LogP contribution in [0.4, 0.5) is 0 Å². The molecule has 200 valence electrons. The fourth-order valence-electron chi connectivity index (χ4n) is 4.62. The molecule has 0 bridgehead atoms. The zero-order valence-corrected chi connectivity index (χ0v) is 26.3. The Morgan fingerprint density at radius 3 is 1.37 bits per heavy atom. The number of hydrogen-bond donors (Lipinski definition) is 0. The second kappa shape index (κ2) is 19.9. The van der Waals surface area contributed by atoms with Crippen LogP contribution >= 0.6 is 43.2 Å². The molecule has 0 saturated heterocycles. The number of halogens is 2. The number of rotatable bonds is 22. The van der Waals surface area contributed by atoms with Crippen molar-refractivity contribution < 1.29 is 4.74 Å². The molecule has 0 atom stereocenters. The molecule has 2 heterocycles. The predicted octanol–water partition coefficient (Wildman–Crippen LogP) is 11.7. The van der Waals surface area contributed by atoms with E-state index >= 15 is 0 Å². The van der Waals surface area contributed by atoms with Gasteiger partial charge >= 0.3 is 0 Å². The van der Waals surface area contributed by atoms with Gasteiger partial charge in [-0.15, -0.1) is 11.3 Å². The lowest BCUT2D eigenvalue weighted by atomic mass is 10.0. The molecule has 0 aliphatic rings. The van der Waals surface area contributed by atoms with Gasteiger partial charge in [-0.25, -0.2) is 9.97 Å². The Labute approximate surface area is 235 Å². The molecular weight excluding hydrogens is 584 g/mol. The molecular formula is C29H48Br2N2OS. The molecule has 0 amide bonds. The smallest absolute Gasteiger partial charge is 0.236 e. The van der Waals surface area contributed by atoms with E-state index in [9.17, 15) is 0 Å². The zero-order valence-electron chi connectivity index (χ0n) is 22.3. The molecule has 0 aliphatic heterocycles. The minimum absolute atomic E-state index is 0.668. The van der Waals surface area contributed by atoms with E-state index in [1.807, 2.05) is 6.92 Å². The third-order valence-corrected chi connectivity index (χ3v) is 9.28. The van der Waals surface area contributed by atoms with Crippen LogP contribution in [0.15, 0.2) is 7.57 Å². The largest absolute Gasteiger partial charge is 0.476 e. The molecule has 0 saturated carbocycles. The number of hydrogen-bond acceptors (Lipinski definition) is 4. The van der Waals surface area contributed by atoms with Crippen LogP contribution in [0, 0.1) is 6.92 Å². The Morgan fingerprint density at radius 1 is 0.571 bits per heavy atom. The zero-order chi connectivity index (χ0) is 25.1. The van der Waals surface area contributed by atoms with Gasteiger partial charge in [0.25, 0.3) is 0 Å². The second-order valence-electron chi connectivity index (χ2n) is 10.0. The van der Waals surface area contributed by atoms with Gasteiger partial charge in [-0.1, -0.05) is 129 Å². The highest BCUT2D eigenvalue weighted by Crippen LogP contribution is 2.38. The Morgan fingerprint density at radius 2 is 0.943 bits per heavy atom. The molecule has 2 aromatic heterocycles. The van der Waals surface area contributed by atoms with Gasteiger partial charge in [-0.2, -0.15) is 0 Å². The summed E-state index contributed by atoms with van der Waals surface area (Å²) < 4.78 is 7.95. The fourth-order valence-corrected chi connectivity index (χ4v) is 7.43. The van der Waals surface area contributed by atoms with Gasteiger partial charge in [0.1, 0.15) is 16.7 Å². The van der Waals surface area contributed by atoms with Crippen molar-refractivity contribution in [1.29, 1.82) is 0 Å². The Kier molecular flexibility index (Phi) is 17.6. The van der Waals surface area contributed by atoms with Gasteiger partial charge < -0.3 is 4.74 Å². The van der Waals surface area contributed by atoms with E-state index in [0.29, 0.717) is 5.88 Å². The summed E-state index contributed by atoms with van der Waals surface area (Å²) in [5.41, 5.74) is 2.65.